The van der Waals surface area contributed by atoms with Gasteiger partial charge in [0, 0.05) is 24.0 Å². The Bertz CT molecular complexity index is 776. The predicted molar refractivity (Wildman–Crippen MR) is 90.9 cm³/mol. The predicted octanol–water partition coefficient (Wildman–Crippen LogP) is 2.02. The maximum Gasteiger partial charge on any atom is 0.302 e. The normalized spacial score (nSPS) is 21.1. The Kier molecular flexibility index (Phi) is 4.73. The zero-order chi connectivity index (χ0) is 17.3. The van der Waals surface area contributed by atoms with E-state index in [0.29, 0.717) is 35.5 Å². The highest BCUT2D eigenvalue weighted by Crippen LogP contribution is 2.23. The molecule has 1 aliphatic heterocycles. The van der Waals surface area contributed by atoms with Crippen molar-refractivity contribution in [3.05, 3.63) is 23.2 Å². The molecule has 1 saturated heterocycles. The molecular formula is C16H19ClN4O3. The molecule has 1 aromatic heterocycles. The van der Waals surface area contributed by atoms with Gasteiger partial charge in [0.25, 0.3) is 0 Å². The average molecular weight is 351 g/mol. The summed E-state index contributed by atoms with van der Waals surface area (Å²) in [5, 5.41) is 6.17. The molecular weight excluding hydrogens is 332 g/mol. The first-order chi connectivity index (χ1) is 11.5. The molecule has 0 spiro atoms. The van der Waals surface area contributed by atoms with Crippen LogP contribution < -0.4 is 10.6 Å². The van der Waals surface area contributed by atoms with Crippen molar-refractivity contribution < 1.29 is 14.0 Å². The van der Waals surface area contributed by atoms with Crippen molar-refractivity contribution in [1.29, 1.82) is 0 Å². The lowest BCUT2D eigenvalue weighted by Crippen LogP contribution is -2.37. The quantitative estimate of drug-likeness (QED) is 0.880. The van der Waals surface area contributed by atoms with Gasteiger partial charge >= 0.3 is 6.01 Å². The molecule has 2 atom stereocenters. The summed E-state index contributed by atoms with van der Waals surface area (Å²) in [6.07, 6.45) is 0.989. The zero-order valence-electron chi connectivity index (χ0n) is 13.5. The third kappa shape index (κ3) is 3.52. The number of hydrogen-bond donors (Lipinski definition) is 2. The van der Waals surface area contributed by atoms with Gasteiger partial charge in [0.2, 0.25) is 11.8 Å². The number of nitrogens with zero attached hydrogens (tertiary/aromatic N) is 2. The van der Waals surface area contributed by atoms with Crippen molar-refractivity contribution in [2.24, 2.45) is 0 Å². The molecule has 2 N–H and O–H groups in total. The molecule has 0 radical (unpaired) electrons. The lowest BCUT2D eigenvalue weighted by Gasteiger charge is -2.16. The van der Waals surface area contributed by atoms with Crippen LogP contribution in [0.15, 0.2) is 22.6 Å². The van der Waals surface area contributed by atoms with E-state index in [9.17, 15) is 9.59 Å². The van der Waals surface area contributed by atoms with Crippen LogP contribution in [0.25, 0.3) is 11.1 Å². The van der Waals surface area contributed by atoms with Gasteiger partial charge in [-0.05, 0) is 31.7 Å². The molecule has 0 saturated carbocycles. The summed E-state index contributed by atoms with van der Waals surface area (Å²) >= 11 is 5.92. The third-order valence-electron chi connectivity index (χ3n) is 4.12. The van der Waals surface area contributed by atoms with E-state index >= 15 is 0 Å². The van der Waals surface area contributed by atoms with Crippen molar-refractivity contribution in [2.45, 2.75) is 31.8 Å². The average Bonchev–Trinajstić information content (AvgIpc) is 3.09. The fourth-order valence-electron chi connectivity index (χ4n) is 2.88. The second-order valence-corrected chi connectivity index (χ2v) is 6.37. The Balaban J connectivity index is 1.66. The summed E-state index contributed by atoms with van der Waals surface area (Å²) in [6.45, 7) is 2.44. The largest absolute Gasteiger partial charge is 0.423 e. The number of hydrogen-bond acceptors (Lipinski definition) is 5. The van der Waals surface area contributed by atoms with E-state index in [4.69, 9.17) is 16.0 Å². The maximum atomic E-state index is 12.5. The molecule has 2 heterocycles. The van der Waals surface area contributed by atoms with Crippen LogP contribution in [0.3, 0.4) is 0 Å². The lowest BCUT2D eigenvalue weighted by atomic mass is 10.1. The van der Waals surface area contributed by atoms with Crippen LogP contribution in [0.5, 0.6) is 0 Å². The highest BCUT2D eigenvalue weighted by atomic mass is 35.5. The van der Waals surface area contributed by atoms with Crippen LogP contribution in [0.4, 0.5) is 6.01 Å². The van der Waals surface area contributed by atoms with Crippen LogP contribution in [0.1, 0.15) is 19.8 Å². The number of oxazole rings is 1. The summed E-state index contributed by atoms with van der Waals surface area (Å²) in [4.78, 5) is 30.1. The van der Waals surface area contributed by atoms with Gasteiger partial charge in [-0.15, -0.1) is 0 Å². The number of halogens is 1. The highest BCUT2D eigenvalue weighted by Gasteiger charge is 2.35. The van der Waals surface area contributed by atoms with E-state index in [0.717, 1.165) is 0 Å². The summed E-state index contributed by atoms with van der Waals surface area (Å²) in [5.74, 6) is -0.214. The number of benzene rings is 1. The van der Waals surface area contributed by atoms with E-state index in [-0.39, 0.29) is 29.9 Å². The Morgan fingerprint density at radius 2 is 2.25 bits per heavy atom. The Hall–Kier alpha value is -2.12. The van der Waals surface area contributed by atoms with Crippen LogP contribution in [-0.2, 0) is 9.59 Å². The Morgan fingerprint density at radius 3 is 3.00 bits per heavy atom. The molecule has 2 amide bonds. The van der Waals surface area contributed by atoms with E-state index in [1.165, 1.54) is 0 Å². The fourth-order valence-corrected chi connectivity index (χ4v) is 3.05. The van der Waals surface area contributed by atoms with Crippen molar-refractivity contribution in [3.63, 3.8) is 0 Å². The number of likely N-dealkylation sites (tertiary alicyclic amines) is 1. The van der Waals surface area contributed by atoms with Gasteiger partial charge in [-0.2, -0.15) is 4.98 Å². The van der Waals surface area contributed by atoms with E-state index < -0.39 is 0 Å². The second kappa shape index (κ2) is 6.78. The standard InChI is InChI=1S/C16H19ClN4O3/c1-3-14(22)18-10-7-12(21(2)8-10)15(23)20-16-19-11-6-9(17)4-5-13(11)24-16/h4-6,10,12H,3,7-8H2,1-2H3,(H,18,22)(H,19,20,23). The summed E-state index contributed by atoms with van der Waals surface area (Å²) in [7, 11) is 1.86. The molecule has 24 heavy (non-hydrogen) atoms. The van der Waals surface area contributed by atoms with Crippen LogP contribution in [0.2, 0.25) is 5.02 Å². The molecule has 2 unspecified atom stereocenters. The number of aromatic nitrogens is 1. The first-order valence-corrected chi connectivity index (χ1v) is 8.20. The molecule has 128 valence electrons. The lowest BCUT2D eigenvalue weighted by molar-refractivity contribution is -0.122. The smallest absolute Gasteiger partial charge is 0.302 e. The number of fused-ring (bicyclic) bond motifs is 1. The summed E-state index contributed by atoms with van der Waals surface area (Å²) in [5.41, 5.74) is 1.15. The SMILES string of the molecule is CCC(=O)NC1CC(C(=O)Nc2nc3cc(Cl)ccc3o2)N(C)C1. The van der Waals surface area contributed by atoms with Crippen molar-refractivity contribution in [3.8, 4) is 0 Å². The Morgan fingerprint density at radius 1 is 1.46 bits per heavy atom. The van der Waals surface area contributed by atoms with E-state index in [2.05, 4.69) is 15.6 Å². The van der Waals surface area contributed by atoms with E-state index in [1.807, 2.05) is 11.9 Å². The minimum absolute atomic E-state index is 0.00899. The zero-order valence-corrected chi connectivity index (χ0v) is 14.3. The van der Waals surface area contributed by atoms with Gasteiger partial charge in [-0.1, -0.05) is 18.5 Å². The molecule has 2 aromatic rings. The number of likely N-dealkylation sites (N-methyl/N-ethyl adjacent to an activating group) is 1. The van der Waals surface area contributed by atoms with Crippen molar-refractivity contribution in [1.82, 2.24) is 15.2 Å². The monoisotopic (exact) mass is 350 g/mol. The molecule has 7 nitrogen and oxygen atoms in total. The molecule has 1 aromatic carbocycles. The molecule has 3 rings (SSSR count). The summed E-state index contributed by atoms with van der Waals surface area (Å²) in [6, 6.07) is 4.86. The van der Waals surface area contributed by atoms with Crippen molar-refractivity contribution >= 4 is 40.5 Å². The molecule has 1 aliphatic rings. The first kappa shape index (κ1) is 16.7. The minimum Gasteiger partial charge on any atom is -0.423 e. The highest BCUT2D eigenvalue weighted by molar-refractivity contribution is 6.31. The van der Waals surface area contributed by atoms with Crippen LogP contribution in [-0.4, -0.2) is 47.4 Å². The van der Waals surface area contributed by atoms with Gasteiger partial charge in [0.15, 0.2) is 5.58 Å². The minimum atomic E-state index is -0.342. The molecule has 0 aliphatic carbocycles. The number of carbonyl (C=O) groups is 2. The molecule has 8 heteroatoms. The van der Waals surface area contributed by atoms with Gasteiger partial charge in [-0.3, -0.25) is 19.8 Å². The maximum absolute atomic E-state index is 12.5. The first-order valence-electron chi connectivity index (χ1n) is 7.83. The van der Waals surface area contributed by atoms with Crippen LogP contribution >= 0.6 is 11.6 Å². The number of carbonyl (C=O) groups excluding carboxylic acids is 2. The van der Waals surface area contributed by atoms with Gasteiger partial charge in [0.05, 0.1) is 6.04 Å². The van der Waals surface area contributed by atoms with Gasteiger partial charge < -0.3 is 9.73 Å². The van der Waals surface area contributed by atoms with Gasteiger partial charge in [0.1, 0.15) is 5.52 Å². The third-order valence-corrected chi connectivity index (χ3v) is 4.35. The topological polar surface area (TPSA) is 87.5 Å². The number of rotatable bonds is 4. The second-order valence-electron chi connectivity index (χ2n) is 5.93. The molecule has 0 bridgehead atoms. The number of anilines is 1. The van der Waals surface area contributed by atoms with E-state index in [1.54, 1.807) is 25.1 Å². The fraction of sp³-hybridized carbons (Fsp3) is 0.438. The number of amides is 2. The van der Waals surface area contributed by atoms with Crippen molar-refractivity contribution in [2.75, 3.05) is 18.9 Å². The summed E-state index contributed by atoms with van der Waals surface area (Å²) < 4.78 is 5.51. The molecule has 1 fully saturated rings. The Labute approximate surface area is 144 Å². The number of nitrogens with one attached hydrogen (secondary N) is 2. The van der Waals surface area contributed by atoms with Crippen LogP contribution in [0, 0.1) is 0 Å². The van der Waals surface area contributed by atoms with Gasteiger partial charge in [-0.25, -0.2) is 0 Å².